The van der Waals surface area contributed by atoms with Gasteiger partial charge in [0.1, 0.15) is 0 Å². The number of ether oxygens (including phenoxy) is 2. The van der Waals surface area contributed by atoms with E-state index in [0.717, 1.165) is 36.6 Å². The van der Waals surface area contributed by atoms with Crippen molar-refractivity contribution in [2.24, 2.45) is 0 Å². The van der Waals surface area contributed by atoms with E-state index >= 15 is 0 Å². The van der Waals surface area contributed by atoms with Crippen LogP contribution in [0.25, 0.3) is 16.8 Å². The molecule has 0 atom stereocenters. The molecule has 1 aliphatic carbocycles. The molecule has 1 saturated carbocycles. The van der Waals surface area contributed by atoms with Crippen LogP contribution in [0.2, 0.25) is 0 Å². The van der Waals surface area contributed by atoms with Crippen LogP contribution >= 0.6 is 0 Å². The first-order valence-corrected chi connectivity index (χ1v) is 10.8. The summed E-state index contributed by atoms with van der Waals surface area (Å²) in [5, 5.41) is 8.95. The highest BCUT2D eigenvalue weighted by molar-refractivity contribution is 5.92. The minimum Gasteiger partial charge on any atom is -0.493 e. The van der Waals surface area contributed by atoms with Crippen LogP contribution in [-0.2, 0) is 11.3 Å². The van der Waals surface area contributed by atoms with Gasteiger partial charge in [-0.1, -0.05) is 37.1 Å². The van der Waals surface area contributed by atoms with E-state index in [2.05, 4.69) is 10.4 Å². The lowest BCUT2D eigenvalue weighted by Gasteiger charge is -2.16. The van der Waals surface area contributed by atoms with Gasteiger partial charge in [-0.2, -0.15) is 5.10 Å². The fraction of sp³-hybridized carbons (Fsp3) is 0.320. The molecule has 2 aromatic carbocycles. The fourth-order valence-corrected chi connectivity index (χ4v) is 4.16. The number of nitrogens with one attached hydrogen (secondary N) is 1. The van der Waals surface area contributed by atoms with Crippen molar-refractivity contribution in [3.63, 3.8) is 0 Å². The van der Waals surface area contributed by atoms with Gasteiger partial charge >= 0.3 is 0 Å². The molecule has 4 rings (SSSR count). The molecule has 0 aliphatic heterocycles. The van der Waals surface area contributed by atoms with E-state index in [1.807, 2.05) is 30.3 Å². The van der Waals surface area contributed by atoms with Crippen LogP contribution in [-0.4, -0.2) is 29.9 Å². The predicted molar refractivity (Wildman–Crippen MR) is 124 cm³/mol. The molecule has 7 heteroatoms. The first kappa shape index (κ1) is 21.6. The van der Waals surface area contributed by atoms with E-state index in [4.69, 9.17) is 9.47 Å². The Balaban J connectivity index is 1.52. The standard InChI is InChI=1S/C25H27N3O4/c1-31-22-13-11-17(15-23(22)32-2)12-14-24(29)26-16-21-19-9-5-6-10-20(19)25(30)28(27-21)18-7-3-4-8-18/h5-6,9-15,18H,3-4,7-8,16H2,1-2H3,(H,26,29)/b14-12+. The monoisotopic (exact) mass is 433 g/mol. The average molecular weight is 434 g/mol. The summed E-state index contributed by atoms with van der Waals surface area (Å²) in [6.45, 7) is 0.239. The minimum atomic E-state index is -0.246. The van der Waals surface area contributed by atoms with E-state index in [1.165, 1.54) is 6.08 Å². The van der Waals surface area contributed by atoms with E-state index in [1.54, 1.807) is 37.1 Å². The second kappa shape index (κ2) is 9.68. The Kier molecular flexibility index (Phi) is 6.54. The molecule has 1 aromatic heterocycles. The van der Waals surface area contributed by atoms with Crippen molar-refractivity contribution in [3.05, 3.63) is 70.2 Å². The summed E-state index contributed by atoms with van der Waals surface area (Å²) in [5.74, 6) is 0.980. The molecule has 3 aromatic rings. The summed E-state index contributed by atoms with van der Waals surface area (Å²) in [6.07, 6.45) is 7.33. The van der Waals surface area contributed by atoms with Crippen molar-refractivity contribution < 1.29 is 14.3 Å². The van der Waals surface area contributed by atoms with Gasteiger partial charge in [0, 0.05) is 11.5 Å². The van der Waals surface area contributed by atoms with Crippen molar-refractivity contribution in [3.8, 4) is 11.5 Å². The van der Waals surface area contributed by atoms with Crippen molar-refractivity contribution in [1.29, 1.82) is 0 Å². The van der Waals surface area contributed by atoms with Gasteiger partial charge in [-0.15, -0.1) is 0 Å². The third kappa shape index (κ3) is 4.51. The maximum atomic E-state index is 12.9. The van der Waals surface area contributed by atoms with Crippen LogP contribution < -0.4 is 20.3 Å². The van der Waals surface area contributed by atoms with Crippen molar-refractivity contribution >= 4 is 22.8 Å². The second-order valence-corrected chi connectivity index (χ2v) is 7.85. The highest BCUT2D eigenvalue weighted by Gasteiger charge is 2.21. The average Bonchev–Trinajstić information content (AvgIpc) is 3.37. The number of carbonyl (C=O) groups is 1. The maximum absolute atomic E-state index is 12.9. The normalized spacial score (nSPS) is 14.2. The van der Waals surface area contributed by atoms with Gasteiger partial charge in [0.2, 0.25) is 5.91 Å². The fourth-order valence-electron chi connectivity index (χ4n) is 4.16. The smallest absolute Gasteiger partial charge is 0.274 e. The number of rotatable bonds is 7. The molecule has 0 radical (unpaired) electrons. The highest BCUT2D eigenvalue weighted by atomic mass is 16.5. The van der Waals surface area contributed by atoms with Crippen molar-refractivity contribution in [1.82, 2.24) is 15.1 Å². The largest absolute Gasteiger partial charge is 0.493 e. The quantitative estimate of drug-likeness (QED) is 0.572. The third-order valence-electron chi connectivity index (χ3n) is 5.84. The first-order chi connectivity index (χ1) is 15.6. The van der Waals surface area contributed by atoms with Gasteiger partial charge in [-0.25, -0.2) is 4.68 Å². The minimum absolute atomic E-state index is 0.0593. The van der Waals surface area contributed by atoms with Crippen molar-refractivity contribution in [2.45, 2.75) is 38.3 Å². The molecular weight excluding hydrogens is 406 g/mol. The number of hydrogen-bond acceptors (Lipinski definition) is 5. The molecule has 0 unspecified atom stereocenters. The third-order valence-corrected chi connectivity index (χ3v) is 5.84. The Morgan fingerprint density at radius 3 is 2.53 bits per heavy atom. The number of aromatic nitrogens is 2. The van der Waals surface area contributed by atoms with Gasteiger partial charge < -0.3 is 14.8 Å². The first-order valence-electron chi connectivity index (χ1n) is 10.8. The number of carbonyl (C=O) groups excluding carboxylic acids is 1. The topological polar surface area (TPSA) is 82.5 Å². The molecule has 32 heavy (non-hydrogen) atoms. The summed E-state index contributed by atoms with van der Waals surface area (Å²) >= 11 is 0. The Hall–Kier alpha value is -3.61. The van der Waals surface area contributed by atoms with Crippen LogP contribution in [0, 0.1) is 0 Å². The van der Waals surface area contributed by atoms with Gasteiger partial charge in [-0.3, -0.25) is 9.59 Å². The van der Waals surface area contributed by atoms with Crippen molar-refractivity contribution in [2.75, 3.05) is 14.2 Å². The number of fused-ring (bicyclic) bond motifs is 1. The molecule has 0 spiro atoms. The van der Waals surface area contributed by atoms with Crippen LogP contribution in [0.1, 0.15) is 43.0 Å². The zero-order valence-corrected chi connectivity index (χ0v) is 18.3. The van der Waals surface area contributed by atoms with Gasteiger partial charge in [0.25, 0.3) is 5.56 Å². The SMILES string of the molecule is COc1ccc(/C=C/C(=O)NCc2nn(C3CCCC3)c(=O)c3ccccc23)cc1OC. The zero-order valence-electron chi connectivity index (χ0n) is 18.3. The maximum Gasteiger partial charge on any atom is 0.274 e. The number of hydrogen-bond donors (Lipinski definition) is 1. The molecule has 166 valence electrons. The molecule has 1 aliphatic rings. The Morgan fingerprint density at radius 2 is 1.81 bits per heavy atom. The molecule has 1 amide bonds. The molecule has 0 bridgehead atoms. The van der Waals surface area contributed by atoms with Crippen LogP contribution in [0.5, 0.6) is 11.5 Å². The van der Waals surface area contributed by atoms with Crippen LogP contribution in [0.15, 0.2) is 53.3 Å². The van der Waals surface area contributed by atoms with E-state index in [-0.39, 0.29) is 24.1 Å². The lowest BCUT2D eigenvalue weighted by molar-refractivity contribution is -0.116. The number of methoxy groups -OCH3 is 2. The molecule has 1 fully saturated rings. The van der Waals surface area contributed by atoms with E-state index < -0.39 is 0 Å². The summed E-state index contributed by atoms with van der Waals surface area (Å²) in [5.41, 5.74) is 1.45. The Morgan fingerprint density at radius 1 is 1.09 bits per heavy atom. The molecular formula is C25H27N3O4. The van der Waals surface area contributed by atoms with Crippen LogP contribution in [0.4, 0.5) is 0 Å². The molecule has 7 nitrogen and oxygen atoms in total. The molecule has 0 saturated heterocycles. The molecule has 1 heterocycles. The summed E-state index contributed by atoms with van der Waals surface area (Å²) in [4.78, 5) is 25.4. The Labute approximate surface area is 186 Å². The van der Waals surface area contributed by atoms with Gasteiger partial charge in [0.15, 0.2) is 11.5 Å². The second-order valence-electron chi connectivity index (χ2n) is 7.85. The summed E-state index contributed by atoms with van der Waals surface area (Å²) in [7, 11) is 3.15. The zero-order chi connectivity index (χ0) is 22.5. The predicted octanol–water partition coefficient (Wildman–Crippen LogP) is 3.86. The van der Waals surface area contributed by atoms with Gasteiger partial charge in [-0.05, 0) is 42.7 Å². The Bertz CT molecular complexity index is 1210. The molecule has 1 N–H and O–H groups in total. The van der Waals surface area contributed by atoms with E-state index in [0.29, 0.717) is 22.6 Å². The summed E-state index contributed by atoms with van der Waals surface area (Å²) < 4.78 is 12.2. The highest BCUT2D eigenvalue weighted by Crippen LogP contribution is 2.29. The number of benzene rings is 2. The number of amides is 1. The lowest BCUT2D eigenvalue weighted by atomic mass is 10.1. The number of nitrogens with zero attached hydrogens (tertiary/aromatic N) is 2. The summed E-state index contributed by atoms with van der Waals surface area (Å²) in [6, 6.07) is 13.0. The van der Waals surface area contributed by atoms with Crippen LogP contribution in [0.3, 0.4) is 0 Å². The lowest BCUT2D eigenvalue weighted by Crippen LogP contribution is -2.30. The van der Waals surface area contributed by atoms with Gasteiger partial charge in [0.05, 0.1) is 37.9 Å². The van der Waals surface area contributed by atoms with E-state index in [9.17, 15) is 9.59 Å².